The molecule has 0 saturated heterocycles. The number of hydrogen-bond acceptors (Lipinski definition) is 5. The molecule has 0 bridgehead atoms. The second-order valence-electron chi connectivity index (χ2n) is 5.00. The van der Waals surface area contributed by atoms with Crippen LogP contribution in [0.4, 0.5) is 26.3 Å². The van der Waals surface area contributed by atoms with E-state index in [0.717, 1.165) is 6.08 Å². The summed E-state index contributed by atoms with van der Waals surface area (Å²) in [6, 6.07) is 0.967. The summed E-state index contributed by atoms with van der Waals surface area (Å²) in [5, 5.41) is 7.03. The number of alkyl halides is 6. The van der Waals surface area contributed by atoms with E-state index in [-0.39, 0.29) is 24.5 Å². The second-order valence-corrected chi connectivity index (χ2v) is 5.00. The predicted octanol–water partition coefficient (Wildman–Crippen LogP) is 4.17. The molecular formula is C15H10F6N2O3. The molecule has 0 radical (unpaired) electrons. The van der Waals surface area contributed by atoms with Crippen molar-refractivity contribution in [3.8, 4) is 0 Å². The summed E-state index contributed by atoms with van der Waals surface area (Å²) in [4.78, 5) is 11.5. The van der Waals surface area contributed by atoms with Crippen LogP contribution in [0.5, 0.6) is 0 Å². The largest absolute Gasteiger partial charge is 0.452 e. The Kier molecular flexibility index (Phi) is 5.38. The highest BCUT2D eigenvalue weighted by Gasteiger charge is 2.36. The maximum absolute atomic E-state index is 12.7. The quantitative estimate of drug-likeness (QED) is 0.453. The number of rotatable bonds is 4. The van der Waals surface area contributed by atoms with Crippen molar-refractivity contribution in [3.05, 3.63) is 52.7 Å². The Morgan fingerprint density at radius 1 is 1.08 bits per heavy atom. The van der Waals surface area contributed by atoms with E-state index in [9.17, 15) is 31.1 Å². The molecule has 2 aromatic rings. The molecule has 1 heterocycles. The minimum Gasteiger partial charge on any atom is -0.452 e. The summed E-state index contributed by atoms with van der Waals surface area (Å²) >= 11 is 0. The van der Waals surface area contributed by atoms with Crippen LogP contribution in [0.15, 0.2) is 28.7 Å². The number of ether oxygens (including phenoxy) is 1. The van der Waals surface area contributed by atoms with E-state index in [4.69, 9.17) is 9.15 Å². The lowest BCUT2D eigenvalue weighted by Gasteiger charge is -2.12. The molecule has 0 atom stereocenters. The minimum atomic E-state index is -4.97. The van der Waals surface area contributed by atoms with Crippen LogP contribution in [0.1, 0.15) is 28.5 Å². The zero-order valence-electron chi connectivity index (χ0n) is 13.0. The highest BCUT2D eigenvalue weighted by molar-refractivity contribution is 5.87. The lowest BCUT2D eigenvalue weighted by atomic mass is 10.0. The number of nitrogens with zero attached hydrogens (tertiary/aromatic N) is 2. The van der Waals surface area contributed by atoms with Gasteiger partial charge in [-0.25, -0.2) is 4.79 Å². The molecule has 0 saturated carbocycles. The molecule has 5 nitrogen and oxygen atoms in total. The van der Waals surface area contributed by atoms with E-state index in [2.05, 4.69) is 10.2 Å². The second kappa shape index (κ2) is 7.18. The molecule has 0 fully saturated rings. The summed E-state index contributed by atoms with van der Waals surface area (Å²) in [5.41, 5.74) is -3.43. The van der Waals surface area contributed by atoms with Crippen molar-refractivity contribution in [1.82, 2.24) is 10.2 Å². The van der Waals surface area contributed by atoms with Crippen LogP contribution in [-0.2, 0) is 28.5 Å². The minimum absolute atomic E-state index is 0.00638. The van der Waals surface area contributed by atoms with E-state index < -0.39 is 35.0 Å². The lowest BCUT2D eigenvalue weighted by molar-refractivity contribution is -0.143. The third-order valence-electron chi connectivity index (χ3n) is 2.93. The summed E-state index contributed by atoms with van der Waals surface area (Å²) in [7, 11) is 0. The molecule has 0 amide bonds. The van der Waals surface area contributed by atoms with Gasteiger partial charge in [0.1, 0.15) is 0 Å². The molecule has 26 heavy (non-hydrogen) atoms. The van der Waals surface area contributed by atoms with Gasteiger partial charge in [0.05, 0.1) is 11.1 Å². The van der Waals surface area contributed by atoms with Crippen molar-refractivity contribution in [2.75, 3.05) is 0 Å². The van der Waals surface area contributed by atoms with E-state index in [1.807, 2.05) is 0 Å². The lowest BCUT2D eigenvalue weighted by Crippen LogP contribution is -2.11. The fraction of sp³-hybridized carbons (Fsp3) is 0.267. The van der Waals surface area contributed by atoms with E-state index >= 15 is 0 Å². The molecule has 0 aliphatic rings. The number of aromatic nitrogens is 2. The number of carbonyl (C=O) groups excluding carboxylic acids is 1. The maximum atomic E-state index is 12.7. The molecule has 0 spiro atoms. The predicted molar refractivity (Wildman–Crippen MR) is 74.3 cm³/mol. The van der Waals surface area contributed by atoms with Crippen molar-refractivity contribution in [3.63, 3.8) is 0 Å². The molecule has 11 heteroatoms. The molecule has 1 aromatic heterocycles. The van der Waals surface area contributed by atoms with Crippen molar-refractivity contribution in [2.24, 2.45) is 0 Å². The molecule has 0 N–H and O–H groups in total. The summed E-state index contributed by atoms with van der Waals surface area (Å²) in [6.45, 7) is 1.12. The maximum Gasteiger partial charge on any atom is 0.416 e. The van der Waals surface area contributed by atoms with Crippen molar-refractivity contribution in [1.29, 1.82) is 0 Å². The zero-order valence-corrected chi connectivity index (χ0v) is 13.0. The SMILES string of the molecule is Cc1nnc(COC(=O)/C=C/c2cc(C(F)(F)F)cc(C(F)(F)F)c2)o1. The number of hydrogen-bond donors (Lipinski definition) is 0. The Morgan fingerprint density at radius 2 is 1.65 bits per heavy atom. The highest BCUT2D eigenvalue weighted by atomic mass is 19.4. The number of benzene rings is 1. The zero-order chi connectivity index (χ0) is 19.5. The van der Waals surface area contributed by atoms with Crippen LogP contribution < -0.4 is 0 Å². The van der Waals surface area contributed by atoms with E-state index in [0.29, 0.717) is 18.2 Å². The van der Waals surface area contributed by atoms with Gasteiger partial charge in [-0.2, -0.15) is 26.3 Å². The molecule has 1 aromatic carbocycles. The fourth-order valence-electron chi connectivity index (χ4n) is 1.82. The third kappa shape index (κ3) is 5.33. The summed E-state index contributed by atoms with van der Waals surface area (Å²) < 4.78 is 86.1. The fourth-order valence-corrected chi connectivity index (χ4v) is 1.82. The van der Waals surface area contributed by atoms with Gasteiger partial charge in [-0.15, -0.1) is 10.2 Å². The average molecular weight is 380 g/mol. The Hall–Kier alpha value is -2.85. The van der Waals surface area contributed by atoms with Gasteiger partial charge >= 0.3 is 18.3 Å². The van der Waals surface area contributed by atoms with E-state index in [1.54, 1.807) is 0 Å². The van der Waals surface area contributed by atoms with Crippen LogP contribution in [0.25, 0.3) is 6.08 Å². The first-order valence-corrected chi connectivity index (χ1v) is 6.88. The number of halogens is 6. The van der Waals surface area contributed by atoms with Gasteiger partial charge in [0.15, 0.2) is 6.61 Å². The molecule has 140 valence electrons. The molecule has 0 aliphatic heterocycles. The molecule has 0 unspecified atom stereocenters. The van der Waals surface area contributed by atoms with Crippen LogP contribution in [0.2, 0.25) is 0 Å². The first-order valence-electron chi connectivity index (χ1n) is 6.88. The van der Waals surface area contributed by atoms with Crippen LogP contribution in [0.3, 0.4) is 0 Å². The number of aryl methyl sites for hydroxylation is 1. The van der Waals surface area contributed by atoms with Gasteiger partial charge in [0.25, 0.3) is 5.89 Å². The van der Waals surface area contributed by atoms with E-state index in [1.165, 1.54) is 6.92 Å². The molecule has 0 aliphatic carbocycles. The number of esters is 1. The van der Waals surface area contributed by atoms with Gasteiger partial charge in [0.2, 0.25) is 5.89 Å². The molecule has 2 rings (SSSR count). The third-order valence-corrected chi connectivity index (χ3v) is 2.93. The van der Waals surface area contributed by atoms with Crippen molar-refractivity contribution >= 4 is 12.0 Å². The topological polar surface area (TPSA) is 65.2 Å². The Morgan fingerprint density at radius 3 is 2.12 bits per heavy atom. The van der Waals surface area contributed by atoms with Gasteiger partial charge in [-0.05, 0) is 29.8 Å². The van der Waals surface area contributed by atoms with Gasteiger partial charge in [0, 0.05) is 13.0 Å². The number of carbonyl (C=O) groups is 1. The van der Waals surface area contributed by atoms with Crippen molar-refractivity contribution < 1.29 is 40.3 Å². The standard InChI is InChI=1S/C15H10F6N2O3/c1-8-22-23-12(26-8)7-25-13(24)3-2-9-4-10(14(16,17)18)6-11(5-9)15(19,20)21/h2-6H,7H2,1H3/b3-2+. The Labute approximate surface area is 142 Å². The van der Waals surface area contributed by atoms with Gasteiger partial charge < -0.3 is 9.15 Å². The Balaban J connectivity index is 2.16. The van der Waals surface area contributed by atoms with Crippen LogP contribution in [-0.4, -0.2) is 16.2 Å². The first-order chi connectivity index (χ1) is 11.9. The Bertz CT molecular complexity index is 791. The summed E-state index contributed by atoms with van der Waals surface area (Å²) in [5.74, 6) is -0.787. The van der Waals surface area contributed by atoms with Crippen LogP contribution >= 0.6 is 0 Å². The van der Waals surface area contributed by atoms with Crippen molar-refractivity contribution in [2.45, 2.75) is 25.9 Å². The summed E-state index contributed by atoms with van der Waals surface area (Å²) in [6.07, 6.45) is -8.47. The van der Waals surface area contributed by atoms with Gasteiger partial charge in [-0.1, -0.05) is 0 Å². The monoisotopic (exact) mass is 380 g/mol. The van der Waals surface area contributed by atoms with Gasteiger partial charge in [-0.3, -0.25) is 0 Å². The van der Waals surface area contributed by atoms with Crippen LogP contribution in [0, 0.1) is 6.92 Å². The normalized spacial score (nSPS) is 12.6. The molecular weight excluding hydrogens is 370 g/mol. The highest BCUT2D eigenvalue weighted by Crippen LogP contribution is 2.36. The average Bonchev–Trinajstić information content (AvgIpc) is 2.94. The first kappa shape index (κ1) is 19.5. The smallest absolute Gasteiger partial charge is 0.416 e.